The van der Waals surface area contributed by atoms with Crippen molar-refractivity contribution in [1.29, 1.82) is 5.26 Å². The molecule has 3 N–H and O–H groups in total. The number of nitriles is 1. The summed E-state index contributed by atoms with van der Waals surface area (Å²) in [5.74, 6) is 0.532. The van der Waals surface area contributed by atoms with Crippen molar-refractivity contribution in [3.05, 3.63) is 34.9 Å². The number of hydrogen-bond donors (Lipinski definition) is 2. The molecule has 1 heterocycles. The molecular weight excluding hydrogens is 379 g/mol. The van der Waals surface area contributed by atoms with E-state index < -0.39 is 11.3 Å². The second kappa shape index (κ2) is 6.88. The minimum Gasteiger partial charge on any atom is -0.393 e. The quantitative estimate of drug-likeness (QED) is 0.788. The predicted molar refractivity (Wildman–Crippen MR) is 116 cm³/mol. The van der Waals surface area contributed by atoms with Crippen molar-refractivity contribution < 1.29 is 9.50 Å². The lowest BCUT2D eigenvalue weighted by molar-refractivity contribution is -0.0601. The molecule has 0 unspecified atom stereocenters. The molecule has 0 aromatic heterocycles. The van der Waals surface area contributed by atoms with Crippen molar-refractivity contribution in [3.8, 4) is 6.07 Å². The molecule has 5 atom stereocenters. The van der Waals surface area contributed by atoms with Gasteiger partial charge >= 0.3 is 0 Å². The normalized spacial score (nSPS) is 35.3. The van der Waals surface area contributed by atoms with E-state index in [-0.39, 0.29) is 29.8 Å². The molecule has 0 radical (unpaired) electrons. The monoisotopic (exact) mass is 410 g/mol. The van der Waals surface area contributed by atoms with E-state index in [9.17, 15) is 14.8 Å². The first-order valence-corrected chi connectivity index (χ1v) is 10.9. The van der Waals surface area contributed by atoms with Crippen LogP contribution in [-0.4, -0.2) is 28.4 Å². The largest absolute Gasteiger partial charge is 0.393 e. The molecule has 1 aliphatic heterocycles. The standard InChI is InChI=1S/C24H31FN4O/c1-5-16-10-23(9-14(2)20(16)30)11-17-7-6-15(13-26)8-18(17)24(23)28-19(21(27)29-24)12-22(3,4)25/h6-8,14,16,20,30H,5,9-12H2,1-4H3,(H2,27,29)/t14-,16+,20+,23+,24-/m0/s1. The van der Waals surface area contributed by atoms with E-state index in [0.717, 1.165) is 36.8 Å². The Morgan fingerprint density at radius 3 is 2.70 bits per heavy atom. The van der Waals surface area contributed by atoms with E-state index in [0.29, 0.717) is 17.1 Å². The number of halogens is 1. The van der Waals surface area contributed by atoms with Crippen molar-refractivity contribution in [2.24, 2.45) is 33.0 Å². The van der Waals surface area contributed by atoms with Crippen LogP contribution < -0.4 is 5.73 Å². The minimum atomic E-state index is -1.45. The van der Waals surface area contributed by atoms with Gasteiger partial charge in [0.1, 0.15) is 11.5 Å². The maximum atomic E-state index is 14.5. The zero-order valence-corrected chi connectivity index (χ0v) is 18.2. The fourth-order valence-electron chi connectivity index (χ4n) is 6.02. The molecule has 6 heteroatoms. The summed E-state index contributed by atoms with van der Waals surface area (Å²) in [5, 5.41) is 20.3. The van der Waals surface area contributed by atoms with E-state index in [2.05, 4.69) is 19.9 Å². The van der Waals surface area contributed by atoms with E-state index in [1.165, 1.54) is 13.8 Å². The first kappa shape index (κ1) is 21.0. The number of benzene rings is 1. The first-order valence-electron chi connectivity index (χ1n) is 10.9. The molecule has 2 spiro atoms. The lowest BCUT2D eigenvalue weighted by Gasteiger charge is -2.49. The summed E-state index contributed by atoms with van der Waals surface area (Å²) in [5.41, 5.74) is 6.69. The lowest BCUT2D eigenvalue weighted by atomic mass is 9.59. The van der Waals surface area contributed by atoms with Crippen molar-refractivity contribution in [2.45, 2.75) is 77.2 Å². The van der Waals surface area contributed by atoms with E-state index in [1.54, 1.807) is 0 Å². The fourth-order valence-corrected chi connectivity index (χ4v) is 6.02. The Morgan fingerprint density at radius 2 is 2.07 bits per heavy atom. The summed E-state index contributed by atoms with van der Waals surface area (Å²) in [6.07, 6.45) is 2.92. The molecule has 4 rings (SSSR count). The third kappa shape index (κ3) is 3.06. The summed E-state index contributed by atoms with van der Waals surface area (Å²) in [7, 11) is 0. The minimum absolute atomic E-state index is 0.0959. The van der Waals surface area contributed by atoms with Gasteiger partial charge in [-0.05, 0) is 62.6 Å². The highest BCUT2D eigenvalue weighted by Crippen LogP contribution is 2.63. The molecule has 5 nitrogen and oxygen atoms in total. The van der Waals surface area contributed by atoms with Gasteiger partial charge in [-0.15, -0.1) is 0 Å². The van der Waals surface area contributed by atoms with Crippen LogP contribution in [0.1, 0.15) is 70.1 Å². The Morgan fingerprint density at radius 1 is 1.33 bits per heavy atom. The average Bonchev–Trinajstić information content (AvgIpc) is 3.12. The zero-order valence-electron chi connectivity index (χ0n) is 18.2. The van der Waals surface area contributed by atoms with Crippen LogP contribution in [0.3, 0.4) is 0 Å². The SMILES string of the molecule is CC[C@@H]1C[C@@]2(Cc3ccc(C#N)cc3[C@]23N=C(N)C(CC(C)(C)F)=N3)C[C@H](C)[C@H]1O. The Balaban J connectivity index is 1.92. The first-order chi connectivity index (χ1) is 14.0. The van der Waals surface area contributed by atoms with E-state index >= 15 is 0 Å². The highest BCUT2D eigenvalue weighted by atomic mass is 19.1. The van der Waals surface area contributed by atoms with Crippen LogP contribution in [0.2, 0.25) is 0 Å². The topological polar surface area (TPSA) is 94.8 Å². The summed E-state index contributed by atoms with van der Waals surface area (Å²) in [6, 6.07) is 7.94. The maximum Gasteiger partial charge on any atom is 0.184 e. The Hall–Kier alpha value is -2.26. The molecule has 0 amide bonds. The Kier molecular flexibility index (Phi) is 4.81. The highest BCUT2D eigenvalue weighted by molar-refractivity contribution is 6.42. The summed E-state index contributed by atoms with van der Waals surface area (Å²) < 4.78 is 14.5. The van der Waals surface area contributed by atoms with Gasteiger partial charge in [0, 0.05) is 17.4 Å². The van der Waals surface area contributed by atoms with Crippen LogP contribution in [-0.2, 0) is 12.1 Å². The van der Waals surface area contributed by atoms with Crippen LogP contribution in [0.25, 0.3) is 0 Å². The van der Waals surface area contributed by atoms with Gasteiger partial charge < -0.3 is 10.8 Å². The third-order valence-corrected chi connectivity index (χ3v) is 7.30. The predicted octanol–water partition coefficient (Wildman–Crippen LogP) is 4.02. The second-order valence-corrected chi connectivity index (χ2v) is 10.1. The number of nitrogens with two attached hydrogens (primary N) is 1. The van der Waals surface area contributed by atoms with Crippen molar-refractivity contribution >= 4 is 11.5 Å². The van der Waals surface area contributed by atoms with E-state index in [4.69, 9.17) is 15.7 Å². The second-order valence-electron chi connectivity index (χ2n) is 10.1. The average molecular weight is 411 g/mol. The van der Waals surface area contributed by atoms with Gasteiger partial charge in [-0.25, -0.2) is 9.38 Å². The number of fused-ring (bicyclic) bond motifs is 3. The highest BCUT2D eigenvalue weighted by Gasteiger charge is 2.63. The molecule has 1 aromatic carbocycles. The molecule has 1 fully saturated rings. The third-order valence-electron chi connectivity index (χ3n) is 7.30. The summed E-state index contributed by atoms with van der Waals surface area (Å²) in [4.78, 5) is 10.0. The molecule has 160 valence electrons. The summed E-state index contributed by atoms with van der Waals surface area (Å²) >= 11 is 0. The van der Waals surface area contributed by atoms with Gasteiger partial charge in [0.25, 0.3) is 0 Å². The van der Waals surface area contributed by atoms with Crippen LogP contribution in [0, 0.1) is 28.6 Å². The number of hydrogen-bond acceptors (Lipinski definition) is 5. The number of aliphatic imine (C=N–C) groups is 2. The number of aliphatic hydroxyl groups is 1. The number of alkyl halides is 1. The fraction of sp³-hybridized carbons (Fsp3) is 0.625. The Bertz CT molecular complexity index is 972. The summed E-state index contributed by atoms with van der Waals surface area (Å²) in [6.45, 7) is 7.23. The van der Waals surface area contributed by atoms with Gasteiger partial charge in [-0.1, -0.05) is 26.3 Å². The molecule has 1 saturated carbocycles. The molecule has 3 aliphatic rings. The van der Waals surface area contributed by atoms with Crippen LogP contribution >= 0.6 is 0 Å². The van der Waals surface area contributed by atoms with Gasteiger partial charge in [-0.2, -0.15) is 5.26 Å². The van der Waals surface area contributed by atoms with Crippen LogP contribution in [0.15, 0.2) is 28.2 Å². The zero-order chi connectivity index (χ0) is 21.9. The van der Waals surface area contributed by atoms with Crippen LogP contribution in [0.5, 0.6) is 0 Å². The van der Waals surface area contributed by atoms with Gasteiger partial charge in [-0.3, -0.25) is 4.99 Å². The molecular formula is C24H31FN4O. The number of nitrogens with zero attached hydrogens (tertiary/aromatic N) is 3. The van der Waals surface area contributed by atoms with Gasteiger partial charge in [0.2, 0.25) is 0 Å². The molecule has 0 saturated heterocycles. The molecule has 2 aliphatic carbocycles. The Labute approximate surface area is 177 Å². The number of amidine groups is 1. The van der Waals surface area contributed by atoms with Gasteiger partial charge in [0.15, 0.2) is 5.66 Å². The van der Waals surface area contributed by atoms with Crippen molar-refractivity contribution in [3.63, 3.8) is 0 Å². The maximum absolute atomic E-state index is 14.5. The van der Waals surface area contributed by atoms with Crippen molar-refractivity contribution in [1.82, 2.24) is 0 Å². The number of aliphatic hydroxyl groups excluding tert-OH is 1. The van der Waals surface area contributed by atoms with Crippen LogP contribution in [0.4, 0.5) is 4.39 Å². The van der Waals surface area contributed by atoms with Crippen molar-refractivity contribution in [2.75, 3.05) is 0 Å². The molecule has 30 heavy (non-hydrogen) atoms. The molecule has 1 aromatic rings. The smallest absolute Gasteiger partial charge is 0.184 e. The van der Waals surface area contributed by atoms with E-state index in [1.807, 2.05) is 18.2 Å². The number of rotatable bonds is 3. The lowest BCUT2D eigenvalue weighted by Crippen LogP contribution is -2.49. The molecule has 0 bridgehead atoms. The van der Waals surface area contributed by atoms with Gasteiger partial charge in [0.05, 0.1) is 23.4 Å².